The van der Waals surface area contributed by atoms with Gasteiger partial charge in [0.25, 0.3) is 5.91 Å². The fourth-order valence-corrected chi connectivity index (χ4v) is 3.23. The highest BCUT2D eigenvalue weighted by atomic mass is 16.5. The molecule has 2 aromatic carbocycles. The molecule has 0 atom stereocenters. The molecule has 0 saturated carbocycles. The van der Waals surface area contributed by atoms with Crippen molar-refractivity contribution in [1.82, 2.24) is 19.6 Å². The maximum Gasteiger partial charge on any atom is 0.358 e. The summed E-state index contributed by atoms with van der Waals surface area (Å²) < 4.78 is 8.00. The second kappa shape index (κ2) is 9.31. The molecule has 0 fully saturated rings. The van der Waals surface area contributed by atoms with E-state index in [1.54, 1.807) is 55.1 Å². The minimum atomic E-state index is -0.630. The highest BCUT2D eigenvalue weighted by Gasteiger charge is 2.16. The molecule has 0 unspecified atom stereocenters. The molecule has 166 valence electrons. The van der Waals surface area contributed by atoms with Gasteiger partial charge in [0.15, 0.2) is 11.4 Å². The monoisotopic (exact) mass is 443 g/mol. The number of nitrogens with one attached hydrogen (secondary N) is 1. The molecular weight excluding hydrogens is 422 g/mol. The summed E-state index contributed by atoms with van der Waals surface area (Å²) in [5, 5.41) is 11.2. The van der Waals surface area contributed by atoms with Gasteiger partial charge in [-0.2, -0.15) is 10.2 Å². The summed E-state index contributed by atoms with van der Waals surface area (Å²) >= 11 is 0. The maximum absolute atomic E-state index is 12.9. The van der Waals surface area contributed by atoms with E-state index < -0.39 is 17.3 Å². The Bertz CT molecular complexity index is 1380. The Morgan fingerprint density at radius 2 is 1.73 bits per heavy atom. The Hall–Kier alpha value is -4.53. The molecule has 4 rings (SSSR count). The van der Waals surface area contributed by atoms with E-state index in [0.29, 0.717) is 17.1 Å². The van der Waals surface area contributed by atoms with E-state index >= 15 is 0 Å². The lowest BCUT2D eigenvalue weighted by Crippen LogP contribution is -2.26. The number of anilines is 1. The van der Waals surface area contributed by atoms with Gasteiger partial charge in [-0.15, -0.1) is 0 Å². The van der Waals surface area contributed by atoms with Crippen molar-refractivity contribution in [3.05, 3.63) is 100 Å². The number of rotatable bonds is 6. The summed E-state index contributed by atoms with van der Waals surface area (Å²) in [5.74, 6) is -1.14. The number of para-hydroxylation sites is 1. The first-order valence-electron chi connectivity index (χ1n) is 10.3. The first-order valence-corrected chi connectivity index (χ1v) is 10.3. The van der Waals surface area contributed by atoms with Crippen molar-refractivity contribution in [3.8, 4) is 11.4 Å². The van der Waals surface area contributed by atoms with Gasteiger partial charge in [-0.05, 0) is 50.2 Å². The molecular formula is C24H21N5O4. The molecule has 4 aromatic rings. The van der Waals surface area contributed by atoms with E-state index in [1.165, 1.54) is 10.7 Å². The number of aromatic nitrogens is 4. The highest BCUT2D eigenvalue weighted by Crippen LogP contribution is 2.16. The predicted molar refractivity (Wildman–Crippen MR) is 122 cm³/mol. The third-order valence-electron chi connectivity index (χ3n) is 4.77. The van der Waals surface area contributed by atoms with Gasteiger partial charge in [0.05, 0.1) is 18.0 Å². The van der Waals surface area contributed by atoms with Crippen LogP contribution in [0.2, 0.25) is 0 Å². The van der Waals surface area contributed by atoms with Crippen LogP contribution in [0.3, 0.4) is 0 Å². The van der Waals surface area contributed by atoms with E-state index in [1.807, 2.05) is 30.3 Å². The Morgan fingerprint density at radius 1 is 0.970 bits per heavy atom. The highest BCUT2D eigenvalue weighted by molar-refractivity contribution is 6.02. The van der Waals surface area contributed by atoms with Gasteiger partial charge in [0.2, 0.25) is 5.43 Å². The van der Waals surface area contributed by atoms with E-state index in [4.69, 9.17) is 4.74 Å². The zero-order valence-electron chi connectivity index (χ0n) is 18.1. The number of ether oxygens (including phenoxy) is 1. The van der Waals surface area contributed by atoms with Gasteiger partial charge in [-0.3, -0.25) is 9.59 Å². The van der Waals surface area contributed by atoms with Crippen LogP contribution in [0, 0.1) is 6.92 Å². The number of benzene rings is 2. The minimum absolute atomic E-state index is 0.177. The lowest BCUT2D eigenvalue weighted by atomic mass is 10.2. The second-order valence-corrected chi connectivity index (χ2v) is 7.12. The first kappa shape index (κ1) is 21.7. The molecule has 9 heteroatoms. The summed E-state index contributed by atoms with van der Waals surface area (Å²) in [4.78, 5) is 37.2. The first-order chi connectivity index (χ1) is 16.0. The molecule has 9 nitrogen and oxygen atoms in total. The fraction of sp³-hybridized carbons (Fsp3) is 0.125. The Balaban J connectivity index is 1.59. The number of esters is 1. The summed E-state index contributed by atoms with van der Waals surface area (Å²) in [7, 11) is 0. The standard InChI is InChI=1S/C24H21N5O4/c1-3-33-24(32)20-12-13-28(26-20)19-11-7-8-17(15-19)25-23(31)22-21(30)14-16(2)29(27-22)18-9-5-4-6-10-18/h4-15H,3H2,1-2H3,(H,25,31). The van der Waals surface area contributed by atoms with Gasteiger partial charge in [-0.25, -0.2) is 14.2 Å². The van der Waals surface area contributed by atoms with Crippen molar-refractivity contribution >= 4 is 17.6 Å². The zero-order valence-corrected chi connectivity index (χ0v) is 18.1. The van der Waals surface area contributed by atoms with Crippen molar-refractivity contribution in [2.24, 2.45) is 0 Å². The summed E-state index contributed by atoms with van der Waals surface area (Å²) in [6.07, 6.45) is 1.62. The van der Waals surface area contributed by atoms with Gasteiger partial charge < -0.3 is 10.1 Å². The quantitative estimate of drug-likeness (QED) is 0.459. The number of nitrogens with zero attached hydrogens (tertiary/aromatic N) is 4. The molecule has 0 aliphatic rings. The van der Waals surface area contributed by atoms with Crippen LogP contribution in [0.1, 0.15) is 33.6 Å². The van der Waals surface area contributed by atoms with Crippen LogP contribution in [0.25, 0.3) is 11.4 Å². The number of carbonyl (C=O) groups is 2. The van der Waals surface area contributed by atoms with E-state index in [9.17, 15) is 14.4 Å². The molecule has 0 aliphatic heterocycles. The number of hydrogen-bond donors (Lipinski definition) is 1. The molecule has 1 amide bonds. The molecule has 0 radical (unpaired) electrons. The molecule has 1 N–H and O–H groups in total. The third kappa shape index (κ3) is 4.72. The summed E-state index contributed by atoms with van der Waals surface area (Å²) in [5.41, 5.74) is 1.89. The average Bonchev–Trinajstić information content (AvgIpc) is 3.31. The summed E-state index contributed by atoms with van der Waals surface area (Å²) in [6.45, 7) is 3.73. The van der Waals surface area contributed by atoms with E-state index in [0.717, 1.165) is 5.69 Å². The molecule has 2 heterocycles. The lowest BCUT2D eigenvalue weighted by molar-refractivity contribution is 0.0519. The van der Waals surface area contributed by atoms with E-state index in [-0.39, 0.29) is 18.0 Å². The van der Waals surface area contributed by atoms with Crippen molar-refractivity contribution in [2.45, 2.75) is 13.8 Å². The van der Waals surface area contributed by atoms with Crippen molar-refractivity contribution in [1.29, 1.82) is 0 Å². The van der Waals surface area contributed by atoms with Gasteiger partial charge in [0.1, 0.15) is 0 Å². The van der Waals surface area contributed by atoms with Crippen LogP contribution < -0.4 is 10.7 Å². The topological polar surface area (TPSA) is 108 Å². The lowest BCUT2D eigenvalue weighted by Gasteiger charge is -2.11. The largest absolute Gasteiger partial charge is 0.461 e. The Kier molecular flexibility index (Phi) is 6.12. The fourth-order valence-electron chi connectivity index (χ4n) is 3.23. The number of hydrogen-bond acceptors (Lipinski definition) is 6. The molecule has 33 heavy (non-hydrogen) atoms. The van der Waals surface area contributed by atoms with Gasteiger partial charge in [-0.1, -0.05) is 24.3 Å². The molecule has 2 aromatic heterocycles. The number of amides is 1. The van der Waals surface area contributed by atoms with Crippen LogP contribution >= 0.6 is 0 Å². The van der Waals surface area contributed by atoms with Crippen LogP contribution in [-0.4, -0.2) is 38.0 Å². The predicted octanol–water partition coefficient (Wildman–Crippen LogP) is 3.16. The number of aryl methyl sites for hydroxylation is 1. The normalized spacial score (nSPS) is 10.6. The third-order valence-corrected chi connectivity index (χ3v) is 4.77. The smallest absolute Gasteiger partial charge is 0.358 e. The maximum atomic E-state index is 12.9. The van der Waals surface area contributed by atoms with E-state index in [2.05, 4.69) is 15.5 Å². The van der Waals surface area contributed by atoms with Crippen molar-refractivity contribution < 1.29 is 14.3 Å². The molecule has 0 bridgehead atoms. The Labute approximate surface area is 189 Å². The Morgan fingerprint density at radius 3 is 2.48 bits per heavy atom. The summed E-state index contributed by atoms with van der Waals surface area (Å²) in [6, 6.07) is 19.0. The average molecular weight is 443 g/mol. The minimum Gasteiger partial charge on any atom is -0.461 e. The molecule has 0 aliphatic carbocycles. The molecule has 0 spiro atoms. The second-order valence-electron chi connectivity index (χ2n) is 7.12. The van der Waals surface area contributed by atoms with Crippen molar-refractivity contribution in [2.75, 3.05) is 11.9 Å². The van der Waals surface area contributed by atoms with Crippen LogP contribution in [-0.2, 0) is 4.74 Å². The van der Waals surface area contributed by atoms with Gasteiger partial charge in [0, 0.05) is 23.6 Å². The molecule has 0 saturated heterocycles. The zero-order chi connectivity index (χ0) is 23.4. The SMILES string of the molecule is CCOC(=O)c1ccn(-c2cccc(NC(=O)c3nn(-c4ccccc4)c(C)cc3=O)c2)n1. The van der Waals surface area contributed by atoms with Crippen molar-refractivity contribution in [3.63, 3.8) is 0 Å². The van der Waals surface area contributed by atoms with Crippen LogP contribution in [0.5, 0.6) is 0 Å². The van der Waals surface area contributed by atoms with Crippen LogP contribution in [0.4, 0.5) is 5.69 Å². The number of carbonyl (C=O) groups excluding carboxylic acids is 2. The van der Waals surface area contributed by atoms with Crippen LogP contribution in [0.15, 0.2) is 77.7 Å². The van der Waals surface area contributed by atoms with Gasteiger partial charge >= 0.3 is 5.97 Å².